The van der Waals surface area contributed by atoms with Crippen LogP contribution in [0.5, 0.6) is 0 Å². The van der Waals surface area contributed by atoms with Crippen LogP contribution in [0.3, 0.4) is 0 Å². The largest absolute Gasteiger partial charge is 0.276 e. The molecule has 0 aliphatic rings. The second kappa shape index (κ2) is 5.69. The van der Waals surface area contributed by atoms with Gasteiger partial charge >= 0.3 is 0 Å². The first kappa shape index (κ1) is 14.8. The van der Waals surface area contributed by atoms with Gasteiger partial charge in [-0.3, -0.25) is 4.79 Å². The van der Waals surface area contributed by atoms with E-state index in [-0.39, 0.29) is 5.56 Å². The molecule has 2 aromatic heterocycles. The second-order valence-corrected chi connectivity index (χ2v) is 6.85. The Morgan fingerprint density at radius 2 is 1.79 bits per heavy atom. The highest BCUT2D eigenvalue weighted by atomic mass is 32.1. The standard InChI is InChI=1S/C19H15N3OS/c1-12-6-8-15(9-7-12)17-20-21-19-22(17)18(23)16(24-19)11-14-5-3-4-13(2)10-14/h3-11H,1-2H3/b16-11-. The van der Waals surface area contributed by atoms with E-state index in [1.807, 2.05) is 62.4 Å². The Balaban J connectivity index is 1.91. The maximum atomic E-state index is 12.8. The Morgan fingerprint density at radius 3 is 2.54 bits per heavy atom. The van der Waals surface area contributed by atoms with Crippen LogP contribution >= 0.6 is 11.3 Å². The van der Waals surface area contributed by atoms with Gasteiger partial charge in [0.25, 0.3) is 5.56 Å². The van der Waals surface area contributed by atoms with Crippen molar-refractivity contribution in [2.24, 2.45) is 0 Å². The van der Waals surface area contributed by atoms with Crippen LogP contribution in [0.15, 0.2) is 53.3 Å². The van der Waals surface area contributed by atoms with Crippen molar-refractivity contribution in [1.82, 2.24) is 14.6 Å². The first-order valence-corrected chi connectivity index (χ1v) is 8.47. The third kappa shape index (κ3) is 2.53. The average Bonchev–Trinajstić information content (AvgIpc) is 3.10. The van der Waals surface area contributed by atoms with Crippen LogP contribution in [0.2, 0.25) is 0 Å². The van der Waals surface area contributed by atoms with Crippen molar-refractivity contribution >= 4 is 22.4 Å². The van der Waals surface area contributed by atoms with Crippen molar-refractivity contribution in [2.45, 2.75) is 13.8 Å². The number of nitrogens with zero attached hydrogens (tertiary/aromatic N) is 3. The zero-order valence-corrected chi connectivity index (χ0v) is 14.2. The molecule has 0 aliphatic heterocycles. The quantitative estimate of drug-likeness (QED) is 0.566. The fourth-order valence-corrected chi connectivity index (χ4v) is 3.58. The molecule has 2 heterocycles. The Bertz CT molecular complexity index is 1140. The summed E-state index contributed by atoms with van der Waals surface area (Å²) in [4.78, 5) is 13.4. The van der Waals surface area contributed by atoms with Gasteiger partial charge in [0.05, 0.1) is 4.53 Å². The molecule has 0 N–H and O–H groups in total. The molecule has 5 heteroatoms. The van der Waals surface area contributed by atoms with Gasteiger partial charge in [0.2, 0.25) is 4.96 Å². The fraction of sp³-hybridized carbons (Fsp3) is 0.105. The predicted molar refractivity (Wildman–Crippen MR) is 97.3 cm³/mol. The topological polar surface area (TPSA) is 47.3 Å². The molecule has 118 valence electrons. The van der Waals surface area contributed by atoms with Gasteiger partial charge in [-0.15, -0.1) is 10.2 Å². The first-order chi connectivity index (χ1) is 11.6. The maximum Gasteiger partial charge on any atom is 0.276 e. The van der Waals surface area contributed by atoms with Gasteiger partial charge < -0.3 is 0 Å². The minimum atomic E-state index is -0.0721. The van der Waals surface area contributed by atoms with Gasteiger partial charge in [-0.2, -0.15) is 0 Å². The zero-order valence-electron chi connectivity index (χ0n) is 13.4. The van der Waals surface area contributed by atoms with Crippen molar-refractivity contribution in [3.63, 3.8) is 0 Å². The van der Waals surface area contributed by atoms with E-state index in [0.29, 0.717) is 15.3 Å². The lowest BCUT2D eigenvalue weighted by Gasteiger charge is -1.97. The molecule has 0 aliphatic carbocycles. The molecule has 0 saturated heterocycles. The highest BCUT2D eigenvalue weighted by molar-refractivity contribution is 7.15. The summed E-state index contributed by atoms with van der Waals surface area (Å²) in [7, 11) is 0. The number of aromatic nitrogens is 3. The number of rotatable bonds is 2. The number of hydrogen-bond acceptors (Lipinski definition) is 4. The van der Waals surface area contributed by atoms with E-state index in [1.54, 1.807) is 4.40 Å². The lowest BCUT2D eigenvalue weighted by atomic mass is 10.1. The average molecular weight is 333 g/mol. The molecule has 0 unspecified atom stereocenters. The van der Waals surface area contributed by atoms with E-state index in [1.165, 1.54) is 22.5 Å². The van der Waals surface area contributed by atoms with Crippen molar-refractivity contribution in [3.8, 4) is 11.4 Å². The van der Waals surface area contributed by atoms with Crippen molar-refractivity contribution in [2.75, 3.05) is 0 Å². The zero-order chi connectivity index (χ0) is 16.7. The van der Waals surface area contributed by atoms with Gasteiger partial charge in [0.15, 0.2) is 5.82 Å². The molecule has 0 atom stereocenters. The Morgan fingerprint density at radius 1 is 1.00 bits per heavy atom. The summed E-state index contributed by atoms with van der Waals surface area (Å²) < 4.78 is 2.26. The lowest BCUT2D eigenvalue weighted by molar-refractivity contribution is 1.09. The molecular weight excluding hydrogens is 318 g/mol. The molecule has 0 bridgehead atoms. The summed E-state index contributed by atoms with van der Waals surface area (Å²) in [5.74, 6) is 0.593. The highest BCUT2D eigenvalue weighted by Crippen LogP contribution is 2.18. The van der Waals surface area contributed by atoms with Crippen LogP contribution in [0, 0.1) is 13.8 Å². The molecule has 0 spiro atoms. The van der Waals surface area contributed by atoms with E-state index >= 15 is 0 Å². The smallest absolute Gasteiger partial charge is 0.267 e. The fourth-order valence-electron chi connectivity index (χ4n) is 2.66. The molecule has 4 nitrogen and oxygen atoms in total. The van der Waals surface area contributed by atoms with Crippen molar-refractivity contribution < 1.29 is 0 Å². The normalized spacial score (nSPS) is 12.2. The predicted octanol–water partition coefficient (Wildman–Crippen LogP) is 2.98. The molecule has 2 aromatic carbocycles. The SMILES string of the molecule is Cc1ccc(-c2nnc3s/c(=C\c4cccc(C)c4)c(=O)n23)cc1. The molecule has 0 radical (unpaired) electrons. The molecular formula is C19H15N3OS. The van der Waals surface area contributed by atoms with Crippen LogP contribution in [0.25, 0.3) is 22.4 Å². The summed E-state index contributed by atoms with van der Waals surface area (Å²) in [6.45, 7) is 4.07. The third-order valence-electron chi connectivity index (χ3n) is 3.90. The number of fused-ring (bicyclic) bond motifs is 1. The van der Waals surface area contributed by atoms with E-state index in [9.17, 15) is 4.79 Å². The van der Waals surface area contributed by atoms with Crippen LogP contribution in [-0.2, 0) is 0 Å². The Kier molecular flexibility index (Phi) is 3.50. The summed E-state index contributed by atoms with van der Waals surface area (Å²) in [5.41, 5.74) is 4.17. The van der Waals surface area contributed by atoms with E-state index in [0.717, 1.165) is 11.1 Å². The van der Waals surface area contributed by atoms with Gasteiger partial charge in [0, 0.05) is 5.56 Å². The summed E-state index contributed by atoms with van der Waals surface area (Å²) in [6, 6.07) is 16.0. The van der Waals surface area contributed by atoms with Crippen molar-refractivity contribution in [1.29, 1.82) is 0 Å². The van der Waals surface area contributed by atoms with E-state index < -0.39 is 0 Å². The summed E-state index contributed by atoms with van der Waals surface area (Å²) >= 11 is 1.36. The Labute approximate surface area is 142 Å². The third-order valence-corrected chi connectivity index (χ3v) is 4.86. The molecule has 0 saturated carbocycles. The van der Waals surface area contributed by atoms with Crippen LogP contribution in [-0.4, -0.2) is 14.6 Å². The minimum Gasteiger partial charge on any atom is -0.267 e. The van der Waals surface area contributed by atoms with Gasteiger partial charge in [-0.25, -0.2) is 4.40 Å². The maximum absolute atomic E-state index is 12.8. The number of hydrogen-bond donors (Lipinski definition) is 0. The number of thiazole rings is 1. The van der Waals surface area contributed by atoms with Crippen LogP contribution < -0.4 is 10.1 Å². The van der Waals surface area contributed by atoms with Gasteiger partial charge in [-0.05, 0) is 25.5 Å². The molecule has 4 aromatic rings. The molecule has 0 amide bonds. The molecule has 4 rings (SSSR count). The van der Waals surface area contributed by atoms with E-state index in [4.69, 9.17) is 0 Å². The van der Waals surface area contributed by atoms with E-state index in [2.05, 4.69) is 16.3 Å². The van der Waals surface area contributed by atoms with Crippen LogP contribution in [0.4, 0.5) is 0 Å². The highest BCUT2D eigenvalue weighted by Gasteiger charge is 2.13. The summed E-state index contributed by atoms with van der Waals surface area (Å²) in [5, 5.41) is 8.36. The monoisotopic (exact) mass is 333 g/mol. The molecule has 0 fully saturated rings. The lowest BCUT2D eigenvalue weighted by Crippen LogP contribution is -2.23. The molecule has 24 heavy (non-hydrogen) atoms. The summed E-state index contributed by atoms with van der Waals surface area (Å²) in [6.07, 6.45) is 1.91. The van der Waals surface area contributed by atoms with Crippen molar-refractivity contribution in [3.05, 3.63) is 80.1 Å². The Hall–Kier alpha value is -2.79. The van der Waals surface area contributed by atoms with Gasteiger partial charge in [-0.1, -0.05) is 71.0 Å². The number of aryl methyl sites for hydroxylation is 2. The van der Waals surface area contributed by atoms with Crippen LogP contribution in [0.1, 0.15) is 16.7 Å². The van der Waals surface area contributed by atoms with Gasteiger partial charge in [0.1, 0.15) is 0 Å². The second-order valence-electron chi connectivity index (χ2n) is 5.84. The first-order valence-electron chi connectivity index (χ1n) is 7.65. The minimum absolute atomic E-state index is 0.0721. The number of benzene rings is 2.